The SMILES string of the molecule is O=c1c2ccsc2ccn1Cc1ccc(Cl)cc1. The smallest absolute Gasteiger partial charge is 0.259 e. The molecule has 2 aromatic heterocycles. The predicted octanol–water partition coefficient (Wildman–Crippen LogP) is 3.76. The Morgan fingerprint density at radius 1 is 1.11 bits per heavy atom. The predicted molar refractivity (Wildman–Crippen MR) is 76.6 cm³/mol. The average Bonchev–Trinajstić information content (AvgIpc) is 2.84. The number of benzene rings is 1. The highest BCUT2D eigenvalue weighted by atomic mass is 35.5. The largest absolute Gasteiger partial charge is 0.311 e. The lowest BCUT2D eigenvalue weighted by atomic mass is 10.2. The van der Waals surface area contributed by atoms with E-state index in [1.807, 2.05) is 48.0 Å². The molecule has 0 radical (unpaired) electrons. The van der Waals surface area contributed by atoms with Crippen LogP contribution in [0.2, 0.25) is 5.02 Å². The van der Waals surface area contributed by atoms with E-state index in [1.54, 1.807) is 15.9 Å². The van der Waals surface area contributed by atoms with Crippen molar-refractivity contribution in [2.75, 3.05) is 0 Å². The molecule has 4 heteroatoms. The van der Waals surface area contributed by atoms with E-state index >= 15 is 0 Å². The van der Waals surface area contributed by atoms with Crippen molar-refractivity contribution in [3.63, 3.8) is 0 Å². The molecule has 0 bridgehead atoms. The second-order valence-corrected chi connectivity index (χ2v) is 5.46. The molecule has 0 spiro atoms. The maximum absolute atomic E-state index is 12.2. The summed E-state index contributed by atoms with van der Waals surface area (Å²) in [6.45, 7) is 0.571. The molecule has 0 saturated carbocycles. The van der Waals surface area contributed by atoms with Crippen LogP contribution in [0.1, 0.15) is 5.56 Å². The minimum absolute atomic E-state index is 0.0590. The third-order valence-electron chi connectivity index (χ3n) is 2.86. The number of pyridine rings is 1. The molecule has 3 rings (SSSR count). The van der Waals surface area contributed by atoms with Crippen molar-refractivity contribution < 1.29 is 0 Å². The average molecular weight is 276 g/mol. The fraction of sp³-hybridized carbons (Fsp3) is 0.0714. The van der Waals surface area contributed by atoms with Gasteiger partial charge in [-0.2, -0.15) is 0 Å². The van der Waals surface area contributed by atoms with Crippen molar-refractivity contribution in [3.05, 3.63) is 68.9 Å². The highest BCUT2D eigenvalue weighted by Gasteiger charge is 2.04. The van der Waals surface area contributed by atoms with Crippen LogP contribution in [0.5, 0.6) is 0 Å². The first kappa shape index (κ1) is 11.5. The van der Waals surface area contributed by atoms with Crippen molar-refractivity contribution in [2.45, 2.75) is 6.54 Å². The standard InChI is InChI=1S/C14H10ClNOS/c15-11-3-1-10(2-4-11)9-16-7-5-13-12(14(16)17)6-8-18-13/h1-8H,9H2. The fourth-order valence-electron chi connectivity index (χ4n) is 1.92. The van der Waals surface area contributed by atoms with Crippen LogP contribution in [-0.2, 0) is 6.54 Å². The molecule has 18 heavy (non-hydrogen) atoms. The Hall–Kier alpha value is -1.58. The summed E-state index contributed by atoms with van der Waals surface area (Å²) in [5.74, 6) is 0. The van der Waals surface area contributed by atoms with Crippen LogP contribution in [0.15, 0.2) is 52.8 Å². The Kier molecular flexibility index (Phi) is 2.94. The number of fused-ring (bicyclic) bond motifs is 1. The third-order valence-corrected chi connectivity index (χ3v) is 3.99. The van der Waals surface area contributed by atoms with Crippen molar-refractivity contribution in [2.24, 2.45) is 0 Å². The van der Waals surface area contributed by atoms with Crippen LogP contribution in [-0.4, -0.2) is 4.57 Å². The highest BCUT2D eigenvalue weighted by molar-refractivity contribution is 7.17. The van der Waals surface area contributed by atoms with Crippen molar-refractivity contribution in [1.82, 2.24) is 4.57 Å². The summed E-state index contributed by atoms with van der Waals surface area (Å²) in [6.07, 6.45) is 1.84. The van der Waals surface area contributed by atoms with Crippen molar-refractivity contribution in [3.8, 4) is 0 Å². The van der Waals surface area contributed by atoms with Gasteiger partial charge in [0.2, 0.25) is 0 Å². The molecule has 0 unspecified atom stereocenters. The van der Waals surface area contributed by atoms with Gasteiger partial charge in [0.05, 0.1) is 11.9 Å². The molecule has 1 aromatic carbocycles. The maximum atomic E-state index is 12.2. The van der Waals surface area contributed by atoms with Crippen LogP contribution in [0.3, 0.4) is 0 Å². The topological polar surface area (TPSA) is 22.0 Å². The van der Waals surface area contributed by atoms with E-state index in [0.29, 0.717) is 11.6 Å². The molecule has 2 heterocycles. The number of aromatic nitrogens is 1. The van der Waals surface area contributed by atoms with E-state index in [4.69, 9.17) is 11.6 Å². The molecule has 0 aliphatic carbocycles. The van der Waals surface area contributed by atoms with E-state index in [-0.39, 0.29) is 5.56 Å². The summed E-state index contributed by atoms with van der Waals surface area (Å²) in [7, 11) is 0. The number of hydrogen-bond donors (Lipinski definition) is 0. The van der Waals surface area contributed by atoms with Crippen LogP contribution < -0.4 is 5.56 Å². The third kappa shape index (κ3) is 2.07. The first-order valence-electron chi connectivity index (χ1n) is 5.55. The number of rotatable bonds is 2. The summed E-state index contributed by atoms with van der Waals surface area (Å²) in [5, 5.41) is 3.44. The first-order chi connectivity index (χ1) is 8.74. The molecule has 90 valence electrons. The molecule has 0 aliphatic heterocycles. The lowest BCUT2D eigenvalue weighted by Gasteiger charge is -2.06. The highest BCUT2D eigenvalue weighted by Crippen LogP contribution is 2.17. The van der Waals surface area contributed by atoms with E-state index in [9.17, 15) is 4.79 Å². The van der Waals surface area contributed by atoms with E-state index in [0.717, 1.165) is 15.6 Å². The zero-order valence-electron chi connectivity index (χ0n) is 9.47. The van der Waals surface area contributed by atoms with Gasteiger partial charge in [-0.05, 0) is 35.2 Å². The molecule has 0 fully saturated rings. The van der Waals surface area contributed by atoms with Gasteiger partial charge in [-0.15, -0.1) is 11.3 Å². The van der Waals surface area contributed by atoms with Gasteiger partial charge in [-0.3, -0.25) is 4.79 Å². The molecule has 0 saturated heterocycles. The zero-order chi connectivity index (χ0) is 12.5. The molecule has 0 amide bonds. The molecule has 3 aromatic rings. The summed E-state index contributed by atoms with van der Waals surface area (Å²) >= 11 is 7.43. The number of thiophene rings is 1. The normalized spacial score (nSPS) is 10.9. The fourth-order valence-corrected chi connectivity index (χ4v) is 2.82. The van der Waals surface area contributed by atoms with E-state index in [2.05, 4.69) is 0 Å². The lowest BCUT2D eigenvalue weighted by molar-refractivity contribution is 0.768. The van der Waals surface area contributed by atoms with Crippen LogP contribution in [0.4, 0.5) is 0 Å². The van der Waals surface area contributed by atoms with Gasteiger partial charge in [0.15, 0.2) is 0 Å². The van der Waals surface area contributed by atoms with Gasteiger partial charge in [0.1, 0.15) is 0 Å². The number of nitrogens with zero attached hydrogens (tertiary/aromatic N) is 1. The van der Waals surface area contributed by atoms with E-state index in [1.165, 1.54) is 0 Å². The van der Waals surface area contributed by atoms with Gasteiger partial charge in [-0.1, -0.05) is 23.7 Å². The van der Waals surface area contributed by atoms with Crippen molar-refractivity contribution in [1.29, 1.82) is 0 Å². The number of halogens is 1. The summed E-state index contributed by atoms with van der Waals surface area (Å²) in [5.41, 5.74) is 1.12. The summed E-state index contributed by atoms with van der Waals surface area (Å²) in [4.78, 5) is 12.2. The Morgan fingerprint density at radius 3 is 2.67 bits per heavy atom. The van der Waals surface area contributed by atoms with E-state index < -0.39 is 0 Å². The summed E-state index contributed by atoms with van der Waals surface area (Å²) in [6, 6.07) is 11.4. The van der Waals surface area contributed by atoms with Gasteiger partial charge in [-0.25, -0.2) is 0 Å². The van der Waals surface area contributed by atoms with Crippen molar-refractivity contribution >= 4 is 33.0 Å². The molecule has 2 nitrogen and oxygen atoms in total. The minimum Gasteiger partial charge on any atom is -0.311 e. The Morgan fingerprint density at radius 2 is 1.89 bits per heavy atom. The molecule has 0 atom stereocenters. The molecule has 0 N–H and O–H groups in total. The summed E-state index contributed by atoms with van der Waals surface area (Å²) < 4.78 is 2.76. The van der Waals surface area contributed by atoms with Gasteiger partial charge >= 0.3 is 0 Å². The monoisotopic (exact) mass is 275 g/mol. The molecular weight excluding hydrogens is 266 g/mol. The first-order valence-corrected chi connectivity index (χ1v) is 6.81. The molecule has 0 aliphatic rings. The van der Waals surface area contributed by atoms with Gasteiger partial charge in [0.25, 0.3) is 5.56 Å². The Labute approximate surface area is 113 Å². The lowest BCUT2D eigenvalue weighted by Crippen LogP contribution is -2.19. The Balaban J connectivity index is 2.02. The number of hydrogen-bond acceptors (Lipinski definition) is 2. The quantitative estimate of drug-likeness (QED) is 0.698. The van der Waals surface area contributed by atoms with Crippen LogP contribution in [0.25, 0.3) is 10.1 Å². The molecular formula is C14H10ClNOS. The minimum atomic E-state index is 0.0590. The second kappa shape index (κ2) is 4.59. The van der Waals surface area contributed by atoms with Gasteiger partial charge < -0.3 is 4.57 Å². The Bertz CT molecular complexity index is 742. The zero-order valence-corrected chi connectivity index (χ0v) is 11.0. The van der Waals surface area contributed by atoms with Gasteiger partial charge in [0, 0.05) is 15.9 Å². The second-order valence-electron chi connectivity index (χ2n) is 4.07. The maximum Gasteiger partial charge on any atom is 0.259 e. The van der Waals surface area contributed by atoms with Crippen LogP contribution >= 0.6 is 22.9 Å². The van der Waals surface area contributed by atoms with Crippen LogP contribution in [0, 0.1) is 0 Å².